The standard InChI is InChI=1S/C13H15.2ClH.Ti/c1-2-3-6-11-9-12-7-4-5-8-13(12)10-11;;;/h4-5,7-10H,2-3,6H2,1H3;2*1H;/q;;;+2/p-2. The van der Waals surface area contributed by atoms with Gasteiger partial charge in [0.25, 0.3) is 0 Å². The normalized spacial score (nSPS) is 12.3. The van der Waals surface area contributed by atoms with Gasteiger partial charge < -0.3 is 0 Å². The Kier molecular flexibility index (Phi) is 7.48. The van der Waals surface area contributed by atoms with Crippen molar-refractivity contribution in [3.63, 3.8) is 0 Å². The molecule has 0 amide bonds. The molecule has 85 valence electrons. The molecule has 2 rings (SSSR count). The maximum absolute atomic E-state index is 4.89. The molecule has 0 atom stereocenters. The Bertz CT molecular complexity index is 348. The molecule has 0 saturated heterocycles. The van der Waals surface area contributed by atoms with Crippen molar-refractivity contribution in [1.29, 1.82) is 0 Å². The van der Waals surface area contributed by atoms with Gasteiger partial charge in [0.15, 0.2) is 0 Å². The van der Waals surface area contributed by atoms with Crippen LogP contribution in [-0.2, 0) is 17.0 Å². The Morgan fingerprint density at radius 3 is 2.31 bits per heavy atom. The van der Waals surface area contributed by atoms with Crippen molar-refractivity contribution in [1.82, 2.24) is 0 Å². The maximum atomic E-state index is 4.89. The Labute approximate surface area is 115 Å². The summed E-state index contributed by atoms with van der Waals surface area (Å²) in [4.78, 5) is 0. The van der Waals surface area contributed by atoms with Crippen LogP contribution in [0.15, 0.2) is 29.8 Å². The van der Waals surface area contributed by atoms with Gasteiger partial charge in [0.05, 0.1) is 0 Å². The Morgan fingerprint density at radius 2 is 1.75 bits per heavy atom. The van der Waals surface area contributed by atoms with E-state index in [1.807, 2.05) is 0 Å². The monoisotopic (exact) mass is 289 g/mol. The third-order valence-electron chi connectivity index (χ3n) is 2.50. The molecule has 0 unspecified atom stereocenters. The summed E-state index contributed by atoms with van der Waals surface area (Å²) in [7, 11) is 9.78. The average molecular weight is 290 g/mol. The van der Waals surface area contributed by atoms with Crippen LogP contribution in [0.2, 0.25) is 0 Å². The summed E-state index contributed by atoms with van der Waals surface area (Å²) < 4.78 is 0. The van der Waals surface area contributed by atoms with Crippen LogP contribution >= 0.6 is 18.6 Å². The van der Waals surface area contributed by atoms with Crippen LogP contribution < -0.4 is 0 Å². The molecule has 0 fully saturated rings. The second-order valence-corrected chi connectivity index (χ2v) is 6.25. The molecule has 0 saturated carbocycles. The number of hydrogen-bond acceptors (Lipinski definition) is 0. The van der Waals surface area contributed by atoms with Crippen LogP contribution in [0.25, 0.3) is 6.08 Å². The van der Waals surface area contributed by atoms with Crippen molar-refractivity contribution in [2.45, 2.75) is 26.2 Å². The van der Waals surface area contributed by atoms with E-state index in [1.54, 1.807) is 0 Å². The zero-order chi connectivity index (χ0) is 11.8. The first-order valence-corrected chi connectivity index (χ1v) is 9.72. The van der Waals surface area contributed by atoms with E-state index < -0.39 is 17.0 Å². The van der Waals surface area contributed by atoms with Gasteiger partial charge in [-0.3, -0.25) is 0 Å². The Hall–Kier alpha value is 0.254. The van der Waals surface area contributed by atoms with Crippen LogP contribution in [0.4, 0.5) is 0 Å². The summed E-state index contributed by atoms with van der Waals surface area (Å²) in [6.45, 7) is 2.24. The zero-order valence-electron chi connectivity index (χ0n) is 9.34. The van der Waals surface area contributed by atoms with E-state index in [9.17, 15) is 0 Å². The Balaban J connectivity index is 0.000000386. The predicted molar refractivity (Wildman–Crippen MR) is 69.1 cm³/mol. The van der Waals surface area contributed by atoms with E-state index in [4.69, 9.17) is 18.6 Å². The summed E-state index contributed by atoms with van der Waals surface area (Å²) in [5.74, 6) is 0. The molecule has 1 aromatic rings. The minimum atomic E-state index is -0.556. The second-order valence-electron chi connectivity index (χ2n) is 3.67. The first kappa shape index (κ1) is 14.3. The fraction of sp³-hybridized carbons (Fsp3) is 0.308. The molecular weight excluding hydrogens is 275 g/mol. The van der Waals surface area contributed by atoms with Gasteiger partial charge in [-0.15, -0.1) is 0 Å². The van der Waals surface area contributed by atoms with Crippen molar-refractivity contribution in [3.8, 4) is 0 Å². The SMILES string of the molecule is CCCCC1=Cc2ccccc2[CH]1.[Cl][Ti][Cl]. The third-order valence-corrected chi connectivity index (χ3v) is 2.50. The molecule has 0 aromatic heterocycles. The molecule has 1 aliphatic carbocycles. The molecule has 0 spiro atoms. The van der Waals surface area contributed by atoms with Gasteiger partial charge in [-0.25, -0.2) is 0 Å². The second kappa shape index (κ2) is 8.36. The van der Waals surface area contributed by atoms with Gasteiger partial charge in [0.2, 0.25) is 0 Å². The quantitative estimate of drug-likeness (QED) is 0.671. The van der Waals surface area contributed by atoms with Gasteiger partial charge in [0.1, 0.15) is 0 Å². The van der Waals surface area contributed by atoms with Gasteiger partial charge in [-0.2, -0.15) is 0 Å². The van der Waals surface area contributed by atoms with E-state index in [-0.39, 0.29) is 0 Å². The molecule has 0 heterocycles. The van der Waals surface area contributed by atoms with Crippen molar-refractivity contribution in [3.05, 3.63) is 47.4 Å². The van der Waals surface area contributed by atoms with Crippen molar-refractivity contribution < 1.29 is 17.0 Å². The summed E-state index contributed by atoms with van der Waals surface area (Å²) in [6.07, 6.45) is 8.43. The molecular formula is C13H15Cl2Ti. The molecule has 1 radical (unpaired) electrons. The van der Waals surface area contributed by atoms with E-state index in [0.717, 1.165) is 0 Å². The Morgan fingerprint density at radius 1 is 1.12 bits per heavy atom. The number of benzene rings is 1. The van der Waals surface area contributed by atoms with Crippen molar-refractivity contribution in [2.24, 2.45) is 0 Å². The van der Waals surface area contributed by atoms with Crippen molar-refractivity contribution in [2.75, 3.05) is 0 Å². The van der Waals surface area contributed by atoms with Crippen LogP contribution in [0.3, 0.4) is 0 Å². The summed E-state index contributed by atoms with van der Waals surface area (Å²) in [5.41, 5.74) is 4.25. The first-order chi connectivity index (χ1) is 7.81. The third kappa shape index (κ3) is 4.63. The van der Waals surface area contributed by atoms with Gasteiger partial charge >= 0.3 is 35.6 Å². The molecule has 0 nitrogen and oxygen atoms in total. The van der Waals surface area contributed by atoms with E-state index >= 15 is 0 Å². The topological polar surface area (TPSA) is 0 Å². The molecule has 1 aliphatic rings. The molecule has 0 aliphatic heterocycles. The van der Waals surface area contributed by atoms with Crippen LogP contribution in [0.5, 0.6) is 0 Å². The predicted octanol–water partition coefficient (Wildman–Crippen LogP) is 5.20. The zero-order valence-corrected chi connectivity index (χ0v) is 12.4. The first-order valence-electron chi connectivity index (χ1n) is 5.42. The fourth-order valence-corrected chi connectivity index (χ4v) is 1.74. The van der Waals surface area contributed by atoms with Crippen molar-refractivity contribution >= 4 is 24.7 Å². The van der Waals surface area contributed by atoms with Crippen LogP contribution in [-0.4, -0.2) is 0 Å². The number of rotatable bonds is 3. The van der Waals surface area contributed by atoms with E-state index in [2.05, 4.69) is 43.7 Å². The summed E-state index contributed by atoms with van der Waals surface area (Å²) in [6, 6.07) is 8.58. The van der Waals surface area contributed by atoms with E-state index in [0.29, 0.717) is 0 Å². The van der Waals surface area contributed by atoms with Gasteiger partial charge in [0, 0.05) is 6.42 Å². The summed E-state index contributed by atoms with van der Waals surface area (Å²) in [5, 5.41) is 0. The number of halogens is 2. The van der Waals surface area contributed by atoms with E-state index in [1.165, 1.54) is 36.0 Å². The van der Waals surface area contributed by atoms with Gasteiger partial charge in [-0.05, 0) is 24.0 Å². The van der Waals surface area contributed by atoms with Gasteiger partial charge in [-0.1, -0.05) is 49.3 Å². The fourth-order valence-electron chi connectivity index (χ4n) is 1.74. The van der Waals surface area contributed by atoms with Crippen LogP contribution in [0.1, 0.15) is 37.3 Å². The summed E-state index contributed by atoms with van der Waals surface area (Å²) >= 11 is -0.556. The molecule has 0 bridgehead atoms. The molecule has 1 aromatic carbocycles. The minimum absolute atomic E-state index is 0.556. The number of unbranched alkanes of at least 4 members (excludes halogenated alkanes) is 1. The average Bonchev–Trinajstić information content (AvgIpc) is 2.70. The number of allylic oxidation sites excluding steroid dienone is 1. The number of hydrogen-bond donors (Lipinski definition) is 0. The molecule has 3 heteroatoms. The molecule has 16 heavy (non-hydrogen) atoms. The molecule has 0 N–H and O–H groups in total. The van der Waals surface area contributed by atoms with Crippen LogP contribution in [0, 0.1) is 6.42 Å². The number of fused-ring (bicyclic) bond motifs is 1.